The highest BCUT2D eigenvalue weighted by molar-refractivity contribution is 5.92. The molecule has 35 heavy (non-hydrogen) atoms. The summed E-state index contributed by atoms with van der Waals surface area (Å²) in [4.78, 5) is 36.6. The molecule has 4 atom stereocenters. The van der Waals surface area contributed by atoms with Crippen molar-refractivity contribution in [1.29, 1.82) is 0 Å². The first kappa shape index (κ1) is 25.2. The summed E-state index contributed by atoms with van der Waals surface area (Å²) in [5.41, 5.74) is -3.61. The molecule has 14 heteroatoms. The highest BCUT2D eigenvalue weighted by Gasteiger charge is 2.52. The molecule has 2 aromatic rings. The van der Waals surface area contributed by atoms with Gasteiger partial charge in [-0.2, -0.15) is 0 Å². The Morgan fingerprint density at radius 1 is 0.743 bits per heavy atom. The number of carboxylic acid groups (broad SMARTS) is 1. The van der Waals surface area contributed by atoms with E-state index in [-0.39, 0.29) is 0 Å². The number of rotatable bonds is 5. The van der Waals surface area contributed by atoms with Gasteiger partial charge in [0, 0.05) is 12.8 Å². The minimum atomic E-state index is -2.60. The summed E-state index contributed by atoms with van der Waals surface area (Å²) in [6.45, 7) is 0. The van der Waals surface area contributed by atoms with E-state index in [1.165, 1.54) is 0 Å². The first-order valence-electron chi connectivity index (χ1n) is 9.79. The molecule has 1 aliphatic rings. The van der Waals surface area contributed by atoms with Gasteiger partial charge in [0.25, 0.3) is 0 Å². The van der Waals surface area contributed by atoms with Crippen molar-refractivity contribution in [3.05, 3.63) is 35.4 Å². The summed E-state index contributed by atoms with van der Waals surface area (Å²) in [6.07, 6.45) is -7.11. The van der Waals surface area contributed by atoms with Crippen molar-refractivity contribution < 1.29 is 69.8 Å². The molecular weight excluding hydrogens is 476 g/mol. The number of aromatic hydroxyl groups is 6. The second-order valence-electron chi connectivity index (χ2n) is 7.85. The van der Waals surface area contributed by atoms with E-state index in [4.69, 9.17) is 9.47 Å². The lowest BCUT2D eigenvalue weighted by Crippen LogP contribution is -2.58. The van der Waals surface area contributed by atoms with Gasteiger partial charge in [-0.15, -0.1) is 0 Å². The Morgan fingerprint density at radius 2 is 1.14 bits per heavy atom. The zero-order valence-corrected chi connectivity index (χ0v) is 17.5. The number of hydrogen-bond acceptors (Lipinski definition) is 13. The number of carbonyl (C=O) groups excluding carboxylic acids is 2. The van der Waals surface area contributed by atoms with Crippen molar-refractivity contribution in [3.8, 4) is 34.5 Å². The number of aliphatic carboxylic acids is 1. The molecule has 1 saturated carbocycles. The number of carboxylic acids is 1. The van der Waals surface area contributed by atoms with Crippen LogP contribution in [0, 0.1) is 0 Å². The third-order valence-electron chi connectivity index (χ3n) is 5.34. The Bertz CT molecular complexity index is 1140. The lowest BCUT2D eigenvalue weighted by atomic mass is 9.79. The highest BCUT2D eigenvalue weighted by atomic mass is 16.6. The first-order chi connectivity index (χ1) is 16.2. The van der Waals surface area contributed by atoms with Crippen molar-refractivity contribution in [2.45, 2.75) is 36.8 Å². The summed E-state index contributed by atoms with van der Waals surface area (Å²) >= 11 is 0. The highest BCUT2D eigenvalue weighted by Crippen LogP contribution is 2.38. The van der Waals surface area contributed by atoms with E-state index in [9.17, 15) is 60.3 Å². The van der Waals surface area contributed by atoms with Gasteiger partial charge >= 0.3 is 17.9 Å². The van der Waals surface area contributed by atoms with E-state index in [1.807, 2.05) is 0 Å². The monoisotopic (exact) mass is 496 g/mol. The fraction of sp³-hybridized carbons (Fsp3) is 0.286. The fourth-order valence-corrected chi connectivity index (χ4v) is 3.52. The van der Waals surface area contributed by atoms with Crippen LogP contribution in [0.3, 0.4) is 0 Å². The maximum atomic E-state index is 12.6. The number of esters is 2. The predicted molar refractivity (Wildman–Crippen MR) is 109 cm³/mol. The molecule has 1 aliphatic carbocycles. The first-order valence-corrected chi connectivity index (χ1v) is 9.79. The average molecular weight is 496 g/mol. The standard InChI is InChI=1S/C21H20O14/c22-9-1-7(2-10(23)15(9)27)18(29)34-14-6-21(33,20(31)32)5-13(26)17(14)35-19(30)8-3-11(24)16(28)12(25)4-8/h1-4,13-14,17,22-28,33H,5-6H2,(H,31,32)/t13-,14+,17+,21-/m1/s1. The van der Waals surface area contributed by atoms with Gasteiger partial charge in [-0.3, -0.25) is 0 Å². The SMILES string of the molecule is O=C(O[C@H]1[C@H](O)C[C@](O)(C(=O)O)C[C@@H]1OC(=O)c1cc(O)c(O)c(O)c1)c1cc(O)c(O)c(O)c1. The van der Waals surface area contributed by atoms with Gasteiger partial charge < -0.3 is 55.4 Å². The molecule has 1 fully saturated rings. The van der Waals surface area contributed by atoms with E-state index >= 15 is 0 Å². The van der Waals surface area contributed by atoms with Gasteiger partial charge in [-0.05, 0) is 24.3 Å². The fourth-order valence-electron chi connectivity index (χ4n) is 3.52. The zero-order chi connectivity index (χ0) is 26.2. The lowest BCUT2D eigenvalue weighted by Gasteiger charge is -2.40. The van der Waals surface area contributed by atoms with E-state index in [1.54, 1.807) is 0 Å². The lowest BCUT2D eigenvalue weighted by molar-refractivity contribution is -0.187. The number of phenols is 6. The number of aliphatic hydroxyl groups excluding tert-OH is 1. The van der Waals surface area contributed by atoms with E-state index in [2.05, 4.69) is 0 Å². The molecule has 0 saturated heterocycles. The molecule has 0 amide bonds. The van der Waals surface area contributed by atoms with Crippen LogP contribution in [-0.2, 0) is 14.3 Å². The van der Waals surface area contributed by atoms with Crippen LogP contribution in [-0.4, -0.2) is 87.8 Å². The van der Waals surface area contributed by atoms with Crippen LogP contribution in [0.15, 0.2) is 24.3 Å². The second kappa shape index (κ2) is 9.08. The predicted octanol–water partition coefficient (Wildman–Crippen LogP) is -0.358. The molecule has 0 radical (unpaired) electrons. The van der Waals surface area contributed by atoms with E-state index in [0.29, 0.717) is 12.1 Å². The molecule has 188 valence electrons. The molecular formula is C21H20O14. The molecule has 3 rings (SSSR count). The summed E-state index contributed by atoms with van der Waals surface area (Å²) in [6, 6.07) is 2.87. The van der Waals surface area contributed by atoms with Crippen LogP contribution < -0.4 is 0 Å². The Balaban J connectivity index is 1.91. The molecule has 0 spiro atoms. The Labute approximate surface area is 195 Å². The van der Waals surface area contributed by atoms with Crippen LogP contribution in [0.2, 0.25) is 0 Å². The van der Waals surface area contributed by atoms with Gasteiger partial charge in [0.1, 0.15) is 6.10 Å². The zero-order valence-electron chi connectivity index (χ0n) is 17.5. The molecule has 2 aromatic carbocycles. The Hall–Kier alpha value is -4.43. The van der Waals surface area contributed by atoms with Gasteiger partial charge in [0.05, 0.1) is 17.2 Å². The minimum Gasteiger partial charge on any atom is -0.504 e. The molecule has 0 unspecified atom stereocenters. The molecule has 9 N–H and O–H groups in total. The largest absolute Gasteiger partial charge is 0.504 e. The number of hydrogen-bond donors (Lipinski definition) is 9. The Morgan fingerprint density at radius 3 is 1.54 bits per heavy atom. The van der Waals surface area contributed by atoms with Crippen LogP contribution >= 0.6 is 0 Å². The molecule has 14 nitrogen and oxygen atoms in total. The van der Waals surface area contributed by atoms with E-state index < -0.39 is 100 Å². The van der Waals surface area contributed by atoms with Crippen LogP contribution in [0.4, 0.5) is 0 Å². The topological polar surface area (TPSA) is 252 Å². The van der Waals surface area contributed by atoms with Crippen LogP contribution in [0.5, 0.6) is 34.5 Å². The summed E-state index contributed by atoms with van der Waals surface area (Å²) in [5.74, 6) is -9.76. The van der Waals surface area contributed by atoms with E-state index in [0.717, 1.165) is 12.1 Å². The number of phenolic OH excluding ortho intramolecular Hbond substituents is 6. The number of benzene rings is 2. The van der Waals surface area contributed by atoms with Crippen molar-refractivity contribution in [3.63, 3.8) is 0 Å². The summed E-state index contributed by atoms with van der Waals surface area (Å²) in [5, 5.41) is 87.3. The second-order valence-corrected chi connectivity index (χ2v) is 7.85. The third-order valence-corrected chi connectivity index (χ3v) is 5.34. The van der Waals surface area contributed by atoms with Gasteiger partial charge in [0.2, 0.25) is 0 Å². The number of aliphatic hydroxyl groups is 2. The van der Waals surface area contributed by atoms with Gasteiger partial charge in [-0.25, -0.2) is 14.4 Å². The van der Waals surface area contributed by atoms with Crippen molar-refractivity contribution in [2.24, 2.45) is 0 Å². The maximum Gasteiger partial charge on any atom is 0.338 e. The number of ether oxygens (including phenoxy) is 2. The van der Waals surface area contributed by atoms with Crippen molar-refractivity contribution >= 4 is 17.9 Å². The van der Waals surface area contributed by atoms with Crippen LogP contribution in [0.1, 0.15) is 33.6 Å². The average Bonchev–Trinajstić information content (AvgIpc) is 2.77. The molecule has 0 aliphatic heterocycles. The number of carbonyl (C=O) groups is 3. The smallest absolute Gasteiger partial charge is 0.338 e. The van der Waals surface area contributed by atoms with Crippen LogP contribution in [0.25, 0.3) is 0 Å². The van der Waals surface area contributed by atoms with Crippen molar-refractivity contribution in [2.75, 3.05) is 0 Å². The third kappa shape index (κ3) is 4.92. The van der Waals surface area contributed by atoms with Gasteiger partial charge in [-0.1, -0.05) is 0 Å². The molecule has 0 heterocycles. The summed E-state index contributed by atoms with van der Waals surface area (Å²) < 4.78 is 10.2. The summed E-state index contributed by atoms with van der Waals surface area (Å²) in [7, 11) is 0. The maximum absolute atomic E-state index is 12.6. The van der Waals surface area contributed by atoms with Gasteiger partial charge in [0.15, 0.2) is 46.2 Å². The van der Waals surface area contributed by atoms with Crippen molar-refractivity contribution in [1.82, 2.24) is 0 Å². The Kier molecular flexibility index (Phi) is 6.53. The normalized spacial score (nSPS) is 23.9. The molecule has 0 bridgehead atoms. The molecule has 0 aromatic heterocycles. The minimum absolute atomic E-state index is 0.498. The quantitative estimate of drug-likeness (QED) is 0.189.